The van der Waals surface area contributed by atoms with Crippen LogP contribution in [0.3, 0.4) is 0 Å². The van der Waals surface area contributed by atoms with E-state index >= 15 is 0 Å². The first-order chi connectivity index (χ1) is 12.9. The number of benzene rings is 3. The molecular formula is C21H18N2O4. The number of amides is 1. The summed E-state index contributed by atoms with van der Waals surface area (Å²) in [5.74, 6) is 0.819. The van der Waals surface area contributed by atoms with Gasteiger partial charge >= 0.3 is 0 Å². The van der Waals surface area contributed by atoms with Crippen molar-refractivity contribution in [1.82, 2.24) is 0 Å². The van der Waals surface area contributed by atoms with E-state index in [1.165, 1.54) is 6.07 Å². The predicted octanol–water partition coefficient (Wildman–Crippen LogP) is 5.26. The molecular weight excluding hydrogens is 344 g/mol. The van der Waals surface area contributed by atoms with E-state index in [2.05, 4.69) is 5.32 Å². The van der Waals surface area contributed by atoms with Crippen LogP contribution in [0.4, 0.5) is 11.4 Å². The number of carbonyl (C=O) groups is 1. The summed E-state index contributed by atoms with van der Waals surface area (Å²) in [4.78, 5) is 23.2. The predicted molar refractivity (Wildman–Crippen MR) is 103 cm³/mol. The molecule has 6 heteroatoms. The van der Waals surface area contributed by atoms with Crippen LogP contribution in [0.1, 0.15) is 21.5 Å². The Morgan fingerprint density at radius 2 is 1.67 bits per heavy atom. The Bertz CT molecular complexity index is 997. The van der Waals surface area contributed by atoms with Gasteiger partial charge in [0.2, 0.25) is 0 Å². The van der Waals surface area contributed by atoms with Crippen molar-refractivity contribution in [3.63, 3.8) is 0 Å². The monoisotopic (exact) mass is 362 g/mol. The van der Waals surface area contributed by atoms with Crippen LogP contribution in [-0.4, -0.2) is 10.8 Å². The third kappa shape index (κ3) is 4.30. The number of nitro groups is 1. The summed E-state index contributed by atoms with van der Waals surface area (Å²) in [6.45, 7) is 3.59. The number of hydrogen-bond acceptors (Lipinski definition) is 4. The van der Waals surface area contributed by atoms with Crippen LogP contribution in [-0.2, 0) is 0 Å². The quantitative estimate of drug-likeness (QED) is 0.496. The lowest BCUT2D eigenvalue weighted by Gasteiger charge is -2.09. The molecule has 1 N–H and O–H groups in total. The van der Waals surface area contributed by atoms with Gasteiger partial charge in [0, 0.05) is 11.3 Å². The maximum atomic E-state index is 12.5. The van der Waals surface area contributed by atoms with Crippen LogP contribution in [0, 0.1) is 24.0 Å². The van der Waals surface area contributed by atoms with Gasteiger partial charge in [-0.25, -0.2) is 0 Å². The van der Waals surface area contributed by atoms with Crippen molar-refractivity contribution in [2.45, 2.75) is 13.8 Å². The van der Waals surface area contributed by atoms with Crippen molar-refractivity contribution in [3.8, 4) is 11.5 Å². The first-order valence-electron chi connectivity index (χ1n) is 8.34. The number of aryl methyl sites for hydroxylation is 2. The first kappa shape index (κ1) is 18.1. The van der Waals surface area contributed by atoms with Gasteiger partial charge in [-0.05, 0) is 61.9 Å². The number of hydrogen-bond donors (Lipinski definition) is 1. The molecule has 1 amide bonds. The smallest absolute Gasteiger partial charge is 0.285 e. The second-order valence-corrected chi connectivity index (χ2v) is 6.13. The zero-order chi connectivity index (χ0) is 19.4. The molecule has 27 heavy (non-hydrogen) atoms. The Morgan fingerprint density at radius 1 is 0.963 bits per heavy atom. The summed E-state index contributed by atoms with van der Waals surface area (Å²) in [5, 5.41) is 13.9. The molecule has 0 fully saturated rings. The molecule has 0 saturated carbocycles. The van der Waals surface area contributed by atoms with E-state index in [0.717, 1.165) is 11.3 Å². The molecule has 0 aliphatic rings. The zero-order valence-corrected chi connectivity index (χ0v) is 14.9. The van der Waals surface area contributed by atoms with Crippen molar-refractivity contribution in [1.29, 1.82) is 0 Å². The normalized spacial score (nSPS) is 10.3. The van der Waals surface area contributed by atoms with Gasteiger partial charge in [-0.3, -0.25) is 14.9 Å². The summed E-state index contributed by atoms with van der Waals surface area (Å²) in [6.07, 6.45) is 0. The number of ether oxygens (including phenoxy) is 1. The van der Waals surface area contributed by atoms with Crippen LogP contribution >= 0.6 is 0 Å². The van der Waals surface area contributed by atoms with Gasteiger partial charge in [0.15, 0.2) is 0 Å². The minimum Gasteiger partial charge on any atom is -0.457 e. The van der Waals surface area contributed by atoms with Crippen LogP contribution in [0.25, 0.3) is 0 Å². The average Bonchev–Trinajstić information content (AvgIpc) is 2.63. The summed E-state index contributed by atoms with van der Waals surface area (Å²) >= 11 is 0. The van der Waals surface area contributed by atoms with E-state index in [-0.39, 0.29) is 11.3 Å². The van der Waals surface area contributed by atoms with Crippen molar-refractivity contribution in [3.05, 3.63) is 93.5 Å². The summed E-state index contributed by atoms with van der Waals surface area (Å²) < 4.78 is 5.77. The minimum atomic E-state index is -0.539. The number of nitro benzene ring substituents is 1. The molecule has 0 aliphatic heterocycles. The molecule has 3 aromatic rings. The van der Waals surface area contributed by atoms with E-state index in [9.17, 15) is 14.9 Å². The highest BCUT2D eigenvalue weighted by Gasteiger charge is 2.22. The number of anilines is 1. The van der Waals surface area contributed by atoms with E-state index < -0.39 is 10.8 Å². The molecule has 0 aliphatic carbocycles. The minimum absolute atomic E-state index is 0.0279. The third-order valence-corrected chi connectivity index (χ3v) is 4.00. The zero-order valence-electron chi connectivity index (χ0n) is 14.9. The van der Waals surface area contributed by atoms with Gasteiger partial charge in [-0.15, -0.1) is 0 Å². The molecule has 0 saturated heterocycles. The van der Waals surface area contributed by atoms with E-state index in [0.29, 0.717) is 17.0 Å². The fraction of sp³-hybridized carbons (Fsp3) is 0.0952. The van der Waals surface area contributed by atoms with Gasteiger partial charge in [0.05, 0.1) is 4.92 Å². The lowest BCUT2D eigenvalue weighted by Crippen LogP contribution is -2.14. The number of para-hydroxylation sites is 1. The second kappa shape index (κ2) is 7.70. The summed E-state index contributed by atoms with van der Waals surface area (Å²) in [5.41, 5.74) is 1.90. The molecule has 0 bridgehead atoms. The van der Waals surface area contributed by atoms with Crippen LogP contribution in [0.5, 0.6) is 11.5 Å². The lowest BCUT2D eigenvalue weighted by atomic mass is 10.1. The Labute approximate surface area is 156 Å². The van der Waals surface area contributed by atoms with E-state index in [4.69, 9.17) is 4.74 Å². The third-order valence-electron chi connectivity index (χ3n) is 4.00. The molecule has 6 nitrogen and oxygen atoms in total. The Kier molecular flexibility index (Phi) is 5.17. The molecule has 0 atom stereocenters. The standard InChI is InChI=1S/C21H18N2O4/c1-14-5-3-7-18(13-14)27-17-11-9-16(10-12-17)22-21(24)19-8-4-6-15(2)20(19)23(25)26/h3-13H,1-2H3,(H,22,24). The van der Waals surface area contributed by atoms with Crippen molar-refractivity contribution < 1.29 is 14.5 Å². The molecule has 0 spiro atoms. The van der Waals surface area contributed by atoms with Crippen LogP contribution in [0.2, 0.25) is 0 Å². The highest BCUT2D eigenvalue weighted by atomic mass is 16.6. The number of rotatable bonds is 5. The maximum absolute atomic E-state index is 12.5. The van der Waals surface area contributed by atoms with Crippen LogP contribution in [0.15, 0.2) is 66.7 Å². The van der Waals surface area contributed by atoms with E-state index in [1.807, 2.05) is 31.2 Å². The van der Waals surface area contributed by atoms with E-state index in [1.54, 1.807) is 43.3 Å². The van der Waals surface area contributed by atoms with Gasteiger partial charge in [0.25, 0.3) is 11.6 Å². The topological polar surface area (TPSA) is 81.5 Å². The fourth-order valence-corrected chi connectivity index (χ4v) is 2.70. The molecule has 136 valence electrons. The summed E-state index contributed by atoms with van der Waals surface area (Å²) in [7, 11) is 0. The van der Waals surface area contributed by atoms with Gasteiger partial charge in [-0.1, -0.05) is 24.3 Å². The van der Waals surface area contributed by atoms with Crippen molar-refractivity contribution in [2.24, 2.45) is 0 Å². The Morgan fingerprint density at radius 3 is 2.33 bits per heavy atom. The fourth-order valence-electron chi connectivity index (χ4n) is 2.70. The molecule has 3 aromatic carbocycles. The SMILES string of the molecule is Cc1cccc(Oc2ccc(NC(=O)c3cccc(C)c3[N+](=O)[O-])cc2)c1. The highest BCUT2D eigenvalue weighted by Crippen LogP contribution is 2.26. The second-order valence-electron chi connectivity index (χ2n) is 6.13. The summed E-state index contributed by atoms with van der Waals surface area (Å²) in [6, 6.07) is 19.2. The molecule has 3 rings (SSSR count). The van der Waals surface area contributed by atoms with Crippen molar-refractivity contribution >= 4 is 17.3 Å². The van der Waals surface area contributed by atoms with Gasteiger partial charge < -0.3 is 10.1 Å². The number of carbonyl (C=O) groups excluding carboxylic acids is 1. The Balaban J connectivity index is 1.74. The van der Waals surface area contributed by atoms with Gasteiger partial charge in [-0.2, -0.15) is 0 Å². The average molecular weight is 362 g/mol. The molecule has 0 unspecified atom stereocenters. The van der Waals surface area contributed by atoms with Crippen molar-refractivity contribution in [2.75, 3.05) is 5.32 Å². The first-order valence-corrected chi connectivity index (χ1v) is 8.34. The lowest BCUT2D eigenvalue weighted by molar-refractivity contribution is -0.385. The number of nitrogens with one attached hydrogen (secondary N) is 1. The molecule has 0 aromatic heterocycles. The highest BCUT2D eigenvalue weighted by molar-refractivity contribution is 6.07. The largest absolute Gasteiger partial charge is 0.457 e. The molecule has 0 radical (unpaired) electrons. The Hall–Kier alpha value is -3.67. The van der Waals surface area contributed by atoms with Gasteiger partial charge in [0.1, 0.15) is 17.1 Å². The molecule has 0 heterocycles. The number of nitrogens with zero attached hydrogens (tertiary/aromatic N) is 1. The maximum Gasteiger partial charge on any atom is 0.285 e. The van der Waals surface area contributed by atoms with Crippen LogP contribution < -0.4 is 10.1 Å².